The van der Waals surface area contributed by atoms with Crippen LogP contribution >= 0.6 is 0 Å². The second-order valence-corrected chi connectivity index (χ2v) is 6.94. The van der Waals surface area contributed by atoms with Crippen molar-refractivity contribution in [2.24, 2.45) is 13.0 Å². The van der Waals surface area contributed by atoms with Crippen LogP contribution in [0.4, 0.5) is 5.69 Å². The first-order valence-corrected chi connectivity index (χ1v) is 9.21. The summed E-state index contributed by atoms with van der Waals surface area (Å²) in [6, 6.07) is 5.66. The zero-order valence-corrected chi connectivity index (χ0v) is 15.8. The molecule has 2 amide bonds. The maximum Gasteiger partial charge on any atom is 0.238 e. The van der Waals surface area contributed by atoms with E-state index in [0.29, 0.717) is 13.1 Å². The predicted molar refractivity (Wildman–Crippen MR) is 102 cm³/mol. The molecule has 0 unspecified atom stereocenters. The van der Waals surface area contributed by atoms with Crippen LogP contribution in [0.25, 0.3) is 0 Å². The van der Waals surface area contributed by atoms with Gasteiger partial charge >= 0.3 is 0 Å². The van der Waals surface area contributed by atoms with Crippen molar-refractivity contribution in [2.75, 3.05) is 25.0 Å². The number of hydrogen-bond donors (Lipinski definition) is 2. The third-order valence-electron chi connectivity index (χ3n) is 4.78. The molecule has 1 aliphatic heterocycles. The molecule has 2 aromatic rings. The first-order chi connectivity index (χ1) is 13.0. The second kappa shape index (κ2) is 8.77. The maximum absolute atomic E-state index is 12.3. The molecule has 0 aliphatic carbocycles. The van der Waals surface area contributed by atoms with Gasteiger partial charge in [0.25, 0.3) is 0 Å². The Hall–Kier alpha value is -2.74. The Morgan fingerprint density at radius 1 is 1.26 bits per heavy atom. The van der Waals surface area contributed by atoms with E-state index in [4.69, 9.17) is 0 Å². The third-order valence-corrected chi connectivity index (χ3v) is 4.78. The van der Waals surface area contributed by atoms with Gasteiger partial charge in [-0.05, 0) is 45.0 Å². The number of nitrogens with zero attached hydrogens (tertiary/aromatic N) is 4. The first-order valence-electron chi connectivity index (χ1n) is 9.21. The van der Waals surface area contributed by atoms with Crippen LogP contribution in [-0.2, 0) is 23.2 Å². The van der Waals surface area contributed by atoms with Gasteiger partial charge in [0.2, 0.25) is 11.8 Å². The Balaban J connectivity index is 1.40. The molecule has 0 saturated carbocycles. The van der Waals surface area contributed by atoms with Gasteiger partial charge in [0.1, 0.15) is 0 Å². The van der Waals surface area contributed by atoms with Crippen molar-refractivity contribution in [2.45, 2.75) is 26.3 Å². The zero-order valence-electron chi connectivity index (χ0n) is 15.8. The van der Waals surface area contributed by atoms with Crippen LogP contribution in [0, 0.1) is 12.8 Å². The molecule has 3 rings (SSSR count). The maximum atomic E-state index is 12.3. The Morgan fingerprint density at radius 3 is 2.67 bits per heavy atom. The highest BCUT2D eigenvalue weighted by Gasteiger charge is 2.26. The van der Waals surface area contributed by atoms with Gasteiger partial charge < -0.3 is 10.6 Å². The molecule has 0 spiro atoms. The molecular formula is C19H26N6O2. The van der Waals surface area contributed by atoms with Crippen LogP contribution in [0.3, 0.4) is 0 Å². The van der Waals surface area contributed by atoms with Crippen LogP contribution in [0.5, 0.6) is 0 Å². The minimum atomic E-state index is -0.0517. The number of carbonyl (C=O) groups is 2. The number of anilines is 1. The number of pyridine rings is 1. The van der Waals surface area contributed by atoms with Gasteiger partial charge in [-0.1, -0.05) is 6.07 Å². The van der Waals surface area contributed by atoms with Gasteiger partial charge in [-0.3, -0.25) is 24.2 Å². The molecule has 2 N–H and O–H groups in total. The molecule has 27 heavy (non-hydrogen) atoms. The molecule has 2 aromatic heterocycles. The average Bonchev–Trinajstić information content (AvgIpc) is 2.98. The van der Waals surface area contributed by atoms with E-state index in [9.17, 15) is 9.59 Å². The molecule has 0 radical (unpaired) electrons. The minimum absolute atomic E-state index is 0.00593. The number of nitrogens with one attached hydrogen (secondary N) is 2. The van der Waals surface area contributed by atoms with Gasteiger partial charge in [0, 0.05) is 25.4 Å². The van der Waals surface area contributed by atoms with E-state index in [2.05, 4.69) is 25.6 Å². The molecule has 1 fully saturated rings. The van der Waals surface area contributed by atoms with E-state index in [1.54, 1.807) is 17.1 Å². The number of carbonyl (C=O) groups excluding carboxylic acids is 2. The summed E-state index contributed by atoms with van der Waals surface area (Å²) in [5.41, 5.74) is 2.39. The summed E-state index contributed by atoms with van der Waals surface area (Å²) in [6.45, 7) is 4.12. The van der Waals surface area contributed by atoms with E-state index in [0.717, 1.165) is 43.0 Å². The zero-order chi connectivity index (χ0) is 19.2. The minimum Gasteiger partial charge on any atom is -0.350 e. The van der Waals surface area contributed by atoms with Gasteiger partial charge in [-0.2, -0.15) is 5.10 Å². The molecule has 1 aliphatic rings. The number of piperidine rings is 1. The number of hydrogen-bond acceptors (Lipinski definition) is 5. The molecule has 0 bridgehead atoms. The van der Waals surface area contributed by atoms with Gasteiger partial charge in [-0.15, -0.1) is 0 Å². The summed E-state index contributed by atoms with van der Waals surface area (Å²) < 4.78 is 1.68. The molecule has 8 nitrogen and oxygen atoms in total. The second-order valence-electron chi connectivity index (χ2n) is 6.94. The fourth-order valence-electron chi connectivity index (χ4n) is 3.29. The quantitative estimate of drug-likeness (QED) is 0.794. The molecule has 0 aromatic carbocycles. The standard InChI is InChI=1S/C19H26N6O2/c1-14-17(12-24(2)23-14)22-18(26)13-25-9-6-15(7-10-25)19(27)21-11-16-5-3-4-8-20-16/h3-5,8,12,15H,6-7,9-11,13H2,1-2H3,(H,21,27)(H,22,26). The van der Waals surface area contributed by atoms with Crippen molar-refractivity contribution >= 4 is 17.5 Å². The lowest BCUT2D eigenvalue weighted by Crippen LogP contribution is -2.43. The summed E-state index contributed by atoms with van der Waals surface area (Å²) in [6.07, 6.45) is 5.03. The highest BCUT2D eigenvalue weighted by molar-refractivity contribution is 5.92. The lowest BCUT2D eigenvalue weighted by Gasteiger charge is -2.30. The molecule has 8 heteroatoms. The van der Waals surface area contributed by atoms with E-state index in [1.165, 1.54) is 0 Å². The Bertz CT molecular complexity index is 781. The van der Waals surface area contributed by atoms with Crippen LogP contribution in [0.1, 0.15) is 24.2 Å². The SMILES string of the molecule is Cc1nn(C)cc1NC(=O)CN1CCC(C(=O)NCc2ccccn2)CC1. The van der Waals surface area contributed by atoms with Gasteiger partial charge in [0.15, 0.2) is 0 Å². The van der Waals surface area contributed by atoms with E-state index < -0.39 is 0 Å². The number of aromatic nitrogens is 3. The van der Waals surface area contributed by atoms with Crippen molar-refractivity contribution in [1.82, 2.24) is 25.0 Å². The monoisotopic (exact) mass is 370 g/mol. The largest absolute Gasteiger partial charge is 0.350 e. The van der Waals surface area contributed by atoms with E-state index >= 15 is 0 Å². The van der Waals surface area contributed by atoms with E-state index in [1.807, 2.05) is 32.2 Å². The summed E-state index contributed by atoms with van der Waals surface area (Å²) in [5, 5.41) is 10.1. The van der Waals surface area contributed by atoms with Crippen molar-refractivity contribution < 1.29 is 9.59 Å². The highest BCUT2D eigenvalue weighted by atomic mass is 16.2. The Kier molecular flexibility index (Phi) is 6.18. The fraction of sp³-hybridized carbons (Fsp3) is 0.474. The number of aryl methyl sites for hydroxylation is 2. The summed E-state index contributed by atoms with van der Waals surface area (Å²) in [5.74, 6) is 0.00786. The fourth-order valence-corrected chi connectivity index (χ4v) is 3.29. The number of rotatable bonds is 6. The molecule has 0 atom stereocenters. The van der Waals surface area contributed by atoms with Crippen LogP contribution in [0.2, 0.25) is 0 Å². The lowest BCUT2D eigenvalue weighted by molar-refractivity contribution is -0.126. The smallest absolute Gasteiger partial charge is 0.238 e. The Morgan fingerprint density at radius 2 is 2.04 bits per heavy atom. The van der Waals surface area contributed by atoms with Crippen molar-refractivity contribution in [3.8, 4) is 0 Å². The number of likely N-dealkylation sites (tertiary alicyclic amines) is 1. The highest BCUT2D eigenvalue weighted by Crippen LogP contribution is 2.18. The van der Waals surface area contributed by atoms with Crippen molar-refractivity contribution in [3.63, 3.8) is 0 Å². The van der Waals surface area contributed by atoms with Crippen LogP contribution < -0.4 is 10.6 Å². The molecule has 1 saturated heterocycles. The predicted octanol–water partition coefficient (Wildman–Crippen LogP) is 1.09. The van der Waals surface area contributed by atoms with Crippen LogP contribution in [0.15, 0.2) is 30.6 Å². The van der Waals surface area contributed by atoms with Crippen molar-refractivity contribution in [3.05, 3.63) is 42.0 Å². The molecule has 3 heterocycles. The lowest BCUT2D eigenvalue weighted by atomic mass is 9.96. The first kappa shape index (κ1) is 19.0. The van der Waals surface area contributed by atoms with Gasteiger partial charge in [0.05, 0.1) is 30.2 Å². The Labute approximate surface area is 159 Å². The normalized spacial score (nSPS) is 15.5. The third kappa shape index (κ3) is 5.37. The van der Waals surface area contributed by atoms with Gasteiger partial charge in [-0.25, -0.2) is 0 Å². The summed E-state index contributed by atoms with van der Waals surface area (Å²) >= 11 is 0. The summed E-state index contributed by atoms with van der Waals surface area (Å²) in [4.78, 5) is 30.9. The van der Waals surface area contributed by atoms with E-state index in [-0.39, 0.29) is 17.7 Å². The van der Waals surface area contributed by atoms with Crippen molar-refractivity contribution in [1.29, 1.82) is 0 Å². The van der Waals surface area contributed by atoms with Crippen LogP contribution in [-0.4, -0.2) is 51.1 Å². The topological polar surface area (TPSA) is 92.2 Å². The molecule has 144 valence electrons. The number of amides is 2. The summed E-state index contributed by atoms with van der Waals surface area (Å²) in [7, 11) is 1.83. The average molecular weight is 370 g/mol. The molecular weight excluding hydrogens is 344 g/mol.